The van der Waals surface area contributed by atoms with Crippen LogP contribution >= 0.6 is 27.5 Å². The molecule has 1 heterocycles. The van der Waals surface area contributed by atoms with Gasteiger partial charge in [-0.3, -0.25) is 0 Å². The maximum atomic E-state index is 5.96. The van der Waals surface area contributed by atoms with Crippen LogP contribution in [0.2, 0.25) is 5.15 Å². The van der Waals surface area contributed by atoms with E-state index in [1.165, 1.54) is 32.1 Å². The molecule has 0 unspecified atom stereocenters. The topological polar surface area (TPSA) is 24.9 Å². The summed E-state index contributed by atoms with van der Waals surface area (Å²) in [5.74, 6) is 3.81. The van der Waals surface area contributed by atoms with Crippen LogP contribution in [0.4, 0.5) is 5.69 Å². The zero-order valence-electron chi connectivity index (χ0n) is 10.8. The molecule has 1 N–H and O–H groups in total. The van der Waals surface area contributed by atoms with Crippen LogP contribution in [0, 0.1) is 23.7 Å². The van der Waals surface area contributed by atoms with E-state index in [0.717, 1.165) is 33.8 Å². The molecule has 0 aromatic carbocycles. The number of nitrogens with zero attached hydrogens (tertiary/aromatic N) is 1. The molecule has 1 aromatic rings. The Morgan fingerprint density at radius 1 is 1.11 bits per heavy atom. The van der Waals surface area contributed by atoms with Gasteiger partial charge >= 0.3 is 0 Å². The number of rotatable bonds is 2. The zero-order valence-corrected chi connectivity index (χ0v) is 13.1. The fraction of sp³-hybridized carbons (Fsp3) is 0.667. The molecule has 0 saturated heterocycles. The van der Waals surface area contributed by atoms with E-state index >= 15 is 0 Å². The van der Waals surface area contributed by atoms with Gasteiger partial charge in [-0.15, -0.1) is 0 Å². The van der Waals surface area contributed by atoms with Crippen LogP contribution in [0.1, 0.15) is 32.1 Å². The van der Waals surface area contributed by atoms with Gasteiger partial charge in [-0.2, -0.15) is 0 Å². The van der Waals surface area contributed by atoms with Crippen LogP contribution in [-0.2, 0) is 0 Å². The molecule has 5 rings (SSSR count). The highest BCUT2D eigenvalue weighted by molar-refractivity contribution is 9.10. The predicted molar refractivity (Wildman–Crippen MR) is 81.4 cm³/mol. The van der Waals surface area contributed by atoms with Crippen LogP contribution in [0.3, 0.4) is 0 Å². The summed E-state index contributed by atoms with van der Waals surface area (Å²) in [4.78, 5) is 4.22. The fourth-order valence-corrected chi connectivity index (χ4v) is 5.31. The molecule has 0 amide bonds. The number of hydrogen-bond donors (Lipinski definition) is 1. The smallest absolute Gasteiger partial charge is 0.143 e. The molecule has 4 bridgehead atoms. The molecule has 4 heteroatoms. The van der Waals surface area contributed by atoms with Crippen molar-refractivity contribution in [3.05, 3.63) is 21.9 Å². The minimum absolute atomic E-state index is 0.538. The number of pyridine rings is 1. The Morgan fingerprint density at radius 2 is 1.74 bits per heavy atom. The molecule has 4 aliphatic rings. The average Bonchev–Trinajstić information content (AvgIpc) is 2.37. The van der Waals surface area contributed by atoms with Gasteiger partial charge in [-0.25, -0.2) is 4.98 Å². The SMILES string of the molecule is Clc1ncc(NC2C3CC4CC(C3)CC2C4)cc1Br. The molecule has 4 aliphatic carbocycles. The van der Waals surface area contributed by atoms with Crippen molar-refractivity contribution in [3.8, 4) is 0 Å². The van der Waals surface area contributed by atoms with E-state index in [2.05, 4.69) is 32.3 Å². The molecule has 0 radical (unpaired) electrons. The first-order valence-electron chi connectivity index (χ1n) is 7.26. The lowest BCUT2D eigenvalue weighted by atomic mass is 9.54. The second-order valence-electron chi connectivity index (χ2n) is 6.60. The van der Waals surface area contributed by atoms with E-state index in [-0.39, 0.29) is 0 Å². The summed E-state index contributed by atoms with van der Waals surface area (Å²) in [7, 11) is 0. The van der Waals surface area contributed by atoms with E-state index in [1.54, 1.807) is 0 Å². The maximum absolute atomic E-state index is 5.96. The summed E-state index contributed by atoms with van der Waals surface area (Å²) in [6, 6.07) is 2.71. The minimum atomic E-state index is 0.538. The van der Waals surface area contributed by atoms with Gasteiger partial charge < -0.3 is 5.32 Å². The Kier molecular flexibility index (Phi) is 3.03. The highest BCUT2D eigenvalue weighted by Crippen LogP contribution is 2.54. The van der Waals surface area contributed by atoms with Gasteiger partial charge in [0.1, 0.15) is 5.15 Å². The van der Waals surface area contributed by atoms with Gasteiger partial charge in [0, 0.05) is 6.04 Å². The van der Waals surface area contributed by atoms with E-state index in [9.17, 15) is 0 Å². The molecular weight excluding hydrogens is 324 g/mol. The Hall–Kier alpha value is -0.280. The lowest BCUT2D eigenvalue weighted by Gasteiger charge is -2.54. The quantitative estimate of drug-likeness (QED) is 0.786. The largest absolute Gasteiger partial charge is 0.380 e. The van der Waals surface area contributed by atoms with Gasteiger partial charge in [-0.05, 0) is 77.8 Å². The number of halogens is 2. The first kappa shape index (κ1) is 12.5. The molecule has 1 aromatic heterocycles. The lowest BCUT2D eigenvalue weighted by Crippen LogP contribution is -2.51. The molecule has 0 atom stereocenters. The highest BCUT2D eigenvalue weighted by Gasteiger charge is 2.48. The summed E-state index contributed by atoms with van der Waals surface area (Å²) in [6.45, 7) is 0. The predicted octanol–water partition coefficient (Wildman–Crippen LogP) is 4.73. The van der Waals surface area contributed by atoms with Crippen molar-refractivity contribution >= 4 is 33.2 Å². The van der Waals surface area contributed by atoms with E-state index in [4.69, 9.17) is 11.6 Å². The van der Waals surface area contributed by atoms with Crippen molar-refractivity contribution in [1.29, 1.82) is 0 Å². The van der Waals surface area contributed by atoms with Crippen molar-refractivity contribution in [1.82, 2.24) is 4.98 Å². The van der Waals surface area contributed by atoms with Crippen molar-refractivity contribution in [2.24, 2.45) is 23.7 Å². The second-order valence-corrected chi connectivity index (χ2v) is 7.81. The van der Waals surface area contributed by atoms with Gasteiger partial charge in [0.2, 0.25) is 0 Å². The molecular formula is C15H18BrClN2. The van der Waals surface area contributed by atoms with Gasteiger partial charge in [-0.1, -0.05) is 11.6 Å². The van der Waals surface area contributed by atoms with Crippen molar-refractivity contribution in [3.63, 3.8) is 0 Å². The monoisotopic (exact) mass is 340 g/mol. The van der Waals surface area contributed by atoms with Gasteiger partial charge in [0.15, 0.2) is 0 Å². The fourth-order valence-electron chi connectivity index (χ4n) is 4.85. The number of anilines is 1. The third kappa shape index (κ3) is 2.19. The normalized spacial score (nSPS) is 39.6. The molecule has 0 aliphatic heterocycles. The van der Waals surface area contributed by atoms with E-state index in [0.29, 0.717) is 11.2 Å². The molecule has 19 heavy (non-hydrogen) atoms. The first-order valence-corrected chi connectivity index (χ1v) is 8.43. The summed E-state index contributed by atoms with van der Waals surface area (Å²) < 4.78 is 0.878. The van der Waals surface area contributed by atoms with Gasteiger partial charge in [0.05, 0.1) is 16.4 Å². The lowest BCUT2D eigenvalue weighted by molar-refractivity contribution is 0.00753. The van der Waals surface area contributed by atoms with E-state index < -0.39 is 0 Å². The van der Waals surface area contributed by atoms with Crippen molar-refractivity contribution in [2.45, 2.75) is 38.1 Å². The summed E-state index contributed by atoms with van der Waals surface area (Å²) in [6.07, 6.45) is 9.12. The van der Waals surface area contributed by atoms with E-state index in [1.807, 2.05) is 6.20 Å². The van der Waals surface area contributed by atoms with Gasteiger partial charge in [0.25, 0.3) is 0 Å². The third-order valence-electron chi connectivity index (χ3n) is 5.36. The molecule has 2 nitrogen and oxygen atoms in total. The summed E-state index contributed by atoms with van der Waals surface area (Å²) >= 11 is 9.41. The molecule has 4 fully saturated rings. The minimum Gasteiger partial charge on any atom is -0.380 e. The Bertz CT molecular complexity index is 477. The van der Waals surface area contributed by atoms with Crippen LogP contribution < -0.4 is 5.32 Å². The molecule has 0 spiro atoms. The van der Waals surface area contributed by atoms with Crippen molar-refractivity contribution in [2.75, 3.05) is 5.32 Å². The third-order valence-corrected chi connectivity index (χ3v) is 6.49. The summed E-state index contributed by atoms with van der Waals surface area (Å²) in [5, 5.41) is 4.28. The first-order chi connectivity index (χ1) is 9.19. The zero-order chi connectivity index (χ0) is 13.0. The summed E-state index contributed by atoms with van der Waals surface area (Å²) in [5.41, 5.74) is 1.11. The Labute approximate surface area is 127 Å². The number of hydrogen-bond acceptors (Lipinski definition) is 2. The van der Waals surface area contributed by atoms with Crippen LogP contribution in [0.15, 0.2) is 16.7 Å². The van der Waals surface area contributed by atoms with Crippen molar-refractivity contribution < 1.29 is 0 Å². The van der Waals surface area contributed by atoms with Crippen LogP contribution in [0.25, 0.3) is 0 Å². The Morgan fingerprint density at radius 3 is 2.32 bits per heavy atom. The standard InChI is InChI=1S/C15H18BrClN2/c16-13-6-12(7-18-15(13)17)19-14-10-2-8-1-9(4-10)5-11(14)3-8/h6-11,14,19H,1-5H2. The Balaban J connectivity index is 1.55. The van der Waals surface area contributed by atoms with Crippen LogP contribution in [0.5, 0.6) is 0 Å². The second kappa shape index (κ2) is 4.63. The molecule has 102 valence electrons. The molecule has 4 saturated carbocycles. The average molecular weight is 342 g/mol. The highest BCUT2D eigenvalue weighted by atomic mass is 79.9. The number of nitrogens with one attached hydrogen (secondary N) is 1. The maximum Gasteiger partial charge on any atom is 0.143 e. The van der Waals surface area contributed by atoms with Crippen LogP contribution in [-0.4, -0.2) is 11.0 Å². The number of aromatic nitrogens is 1.